The van der Waals surface area contributed by atoms with Crippen LogP contribution >= 0.6 is 0 Å². The molecular weight excluding hydrogens is 384 g/mol. The van der Waals surface area contributed by atoms with Gasteiger partial charge in [-0.3, -0.25) is 0 Å². The molecule has 0 bridgehead atoms. The lowest BCUT2D eigenvalue weighted by molar-refractivity contribution is -0.190. The summed E-state index contributed by atoms with van der Waals surface area (Å²) in [4.78, 5) is 0. The fraction of sp³-hybridized carbons (Fsp3) is 0.929. The second-order valence-electron chi connectivity index (χ2n) is 13.2. The van der Waals surface area contributed by atoms with E-state index >= 15 is 0 Å². The minimum absolute atomic E-state index is 0.194. The summed E-state index contributed by atoms with van der Waals surface area (Å²) in [6, 6.07) is 0. The van der Waals surface area contributed by atoms with E-state index in [0.717, 1.165) is 19.3 Å². The van der Waals surface area contributed by atoms with Gasteiger partial charge in [-0.05, 0) is 104 Å². The monoisotopic (exact) mass is 430 g/mol. The molecule has 0 spiro atoms. The van der Waals surface area contributed by atoms with E-state index in [9.17, 15) is 15.3 Å². The van der Waals surface area contributed by atoms with E-state index in [1.807, 2.05) is 0 Å². The Morgan fingerprint density at radius 3 is 2.29 bits per heavy atom. The predicted molar refractivity (Wildman–Crippen MR) is 124 cm³/mol. The van der Waals surface area contributed by atoms with Gasteiger partial charge < -0.3 is 15.3 Å². The predicted octanol–water partition coefficient (Wildman–Crippen LogP) is 5.19. The zero-order valence-electron chi connectivity index (χ0n) is 20.4. The van der Waals surface area contributed by atoms with Gasteiger partial charge in [0.15, 0.2) is 0 Å². The summed E-state index contributed by atoms with van der Waals surface area (Å²) in [5.41, 5.74) is 0.277. The van der Waals surface area contributed by atoms with Gasteiger partial charge in [-0.25, -0.2) is 0 Å². The maximum Gasteiger partial charge on any atom is 0.0864 e. The lowest BCUT2D eigenvalue weighted by Gasteiger charge is -2.59. The number of hydrogen-bond donors (Lipinski definition) is 3. The van der Waals surface area contributed by atoms with E-state index in [1.165, 1.54) is 25.7 Å². The molecule has 0 aliphatic heterocycles. The second kappa shape index (κ2) is 7.31. The van der Waals surface area contributed by atoms with E-state index in [2.05, 4.69) is 46.8 Å². The van der Waals surface area contributed by atoms with E-state index in [4.69, 9.17) is 0 Å². The number of aliphatic hydroxyl groups is 3. The molecule has 0 amide bonds. The summed E-state index contributed by atoms with van der Waals surface area (Å²) in [7, 11) is 0. The van der Waals surface area contributed by atoms with Gasteiger partial charge >= 0.3 is 0 Å². The molecule has 5 aliphatic rings. The number of fused-ring (bicyclic) bond motifs is 3. The summed E-state index contributed by atoms with van der Waals surface area (Å²) in [6.45, 7) is 11.8. The molecule has 3 nitrogen and oxygen atoms in total. The third-order valence-electron chi connectivity index (χ3n) is 11.8. The van der Waals surface area contributed by atoms with Crippen LogP contribution in [-0.4, -0.2) is 33.6 Å². The molecule has 0 aromatic heterocycles. The zero-order chi connectivity index (χ0) is 22.3. The smallest absolute Gasteiger partial charge is 0.0864 e. The van der Waals surface area contributed by atoms with Crippen LogP contribution in [0.4, 0.5) is 0 Å². The van der Waals surface area contributed by atoms with Gasteiger partial charge in [0, 0.05) is 5.41 Å². The zero-order valence-corrected chi connectivity index (χ0v) is 20.4. The van der Waals surface area contributed by atoms with Crippen LogP contribution in [-0.2, 0) is 0 Å². The molecule has 3 heteroatoms. The van der Waals surface area contributed by atoms with Crippen LogP contribution in [0.2, 0.25) is 0 Å². The van der Waals surface area contributed by atoms with Crippen LogP contribution in [0.25, 0.3) is 0 Å². The molecule has 4 unspecified atom stereocenters. The van der Waals surface area contributed by atoms with Gasteiger partial charge in [-0.1, -0.05) is 46.8 Å². The Balaban J connectivity index is 1.39. The lowest BCUT2D eigenvalue weighted by atomic mass is 9.47. The van der Waals surface area contributed by atoms with Crippen LogP contribution in [0.1, 0.15) is 86.0 Å². The van der Waals surface area contributed by atoms with Gasteiger partial charge in [0.1, 0.15) is 0 Å². The highest BCUT2D eigenvalue weighted by Crippen LogP contribution is 2.83. The number of allylic oxidation sites excluding steroid dienone is 2. The molecule has 31 heavy (non-hydrogen) atoms. The Hall–Kier alpha value is -0.380. The molecule has 5 aliphatic carbocycles. The summed E-state index contributed by atoms with van der Waals surface area (Å²) in [5.74, 6) is 3.85. The van der Waals surface area contributed by atoms with Crippen LogP contribution in [0.5, 0.6) is 0 Å². The average Bonchev–Trinajstić information content (AvgIpc) is 3.29. The number of rotatable bonds is 4. The molecule has 5 fully saturated rings. The first-order chi connectivity index (χ1) is 14.6. The molecule has 0 radical (unpaired) electrons. The minimum Gasteiger partial charge on any atom is -0.393 e. The molecule has 0 aromatic carbocycles. The maximum absolute atomic E-state index is 11.5. The average molecular weight is 431 g/mol. The first-order valence-corrected chi connectivity index (χ1v) is 13.3. The molecule has 0 aromatic rings. The number of hydrogen-bond acceptors (Lipinski definition) is 3. The normalized spacial score (nSPS) is 55.3. The highest BCUT2D eigenvalue weighted by atomic mass is 16.3. The Bertz CT molecular complexity index is 732. The molecule has 12 atom stereocenters. The third-order valence-corrected chi connectivity index (χ3v) is 11.8. The van der Waals surface area contributed by atoms with Crippen molar-refractivity contribution in [3.05, 3.63) is 12.2 Å². The molecule has 0 saturated heterocycles. The fourth-order valence-corrected chi connectivity index (χ4v) is 9.75. The van der Waals surface area contributed by atoms with Crippen molar-refractivity contribution in [2.45, 2.75) is 104 Å². The highest BCUT2D eigenvalue weighted by Gasteiger charge is 2.80. The molecule has 5 rings (SSSR count). The first-order valence-electron chi connectivity index (χ1n) is 13.3. The topological polar surface area (TPSA) is 60.7 Å². The molecule has 3 N–H and O–H groups in total. The molecule has 5 saturated carbocycles. The van der Waals surface area contributed by atoms with Crippen molar-refractivity contribution in [3.8, 4) is 0 Å². The third kappa shape index (κ3) is 2.94. The molecular formula is C28H46O3. The van der Waals surface area contributed by atoms with Crippen molar-refractivity contribution in [3.63, 3.8) is 0 Å². The Labute approximate surface area is 189 Å². The Morgan fingerprint density at radius 2 is 1.58 bits per heavy atom. The standard InChI is InChI=1S/C28H46O3/c1-16(2)17(3)6-7-18(4)20-8-9-21-23-22(11-12-26(20,21)5)27-13-10-19(29)14-28(27,15-27)25(31)24(23)30/h6-7,16-25,29-31H,8-15H2,1-5H3/b7-6+/t17?,18-,19+,20?,21?,22?,23+,24+,25-,26-,27+,28-/m1/s1. The van der Waals surface area contributed by atoms with Crippen LogP contribution in [0.3, 0.4) is 0 Å². The quantitative estimate of drug-likeness (QED) is 0.538. The molecule has 176 valence electrons. The minimum atomic E-state index is -0.644. The van der Waals surface area contributed by atoms with E-state index in [0.29, 0.717) is 41.9 Å². The van der Waals surface area contributed by atoms with Gasteiger partial charge in [-0.2, -0.15) is 0 Å². The SMILES string of the molecule is CC(C)C(C)/C=C/[C@@H](C)C1CCC2[C@H]3C(CC[C@@]21C)[C@@]12CC[C@H](O)C[C@@]1(C2)[C@H](O)[C@H]3O. The van der Waals surface area contributed by atoms with Crippen molar-refractivity contribution in [2.24, 2.45) is 57.7 Å². The fourth-order valence-electron chi connectivity index (χ4n) is 9.75. The van der Waals surface area contributed by atoms with Gasteiger partial charge in [0.05, 0.1) is 18.3 Å². The van der Waals surface area contributed by atoms with Crippen molar-refractivity contribution in [1.82, 2.24) is 0 Å². The van der Waals surface area contributed by atoms with Crippen molar-refractivity contribution in [1.29, 1.82) is 0 Å². The van der Waals surface area contributed by atoms with Crippen LogP contribution < -0.4 is 0 Å². The van der Waals surface area contributed by atoms with Crippen LogP contribution in [0, 0.1) is 57.7 Å². The second-order valence-corrected chi connectivity index (χ2v) is 13.2. The Kier molecular flexibility index (Phi) is 5.28. The van der Waals surface area contributed by atoms with Crippen molar-refractivity contribution in [2.75, 3.05) is 0 Å². The summed E-state index contributed by atoms with van der Waals surface area (Å²) in [6.07, 6.45) is 12.0. The molecule has 0 heterocycles. The Morgan fingerprint density at radius 1 is 0.839 bits per heavy atom. The maximum atomic E-state index is 11.5. The van der Waals surface area contributed by atoms with Gasteiger partial charge in [0.2, 0.25) is 0 Å². The lowest BCUT2D eigenvalue weighted by Crippen LogP contribution is -2.60. The summed E-state index contributed by atoms with van der Waals surface area (Å²) < 4.78 is 0. The van der Waals surface area contributed by atoms with Gasteiger partial charge in [0.25, 0.3) is 0 Å². The first kappa shape index (κ1) is 22.4. The summed E-state index contributed by atoms with van der Waals surface area (Å²) in [5, 5.41) is 33.1. The van der Waals surface area contributed by atoms with Crippen molar-refractivity contribution < 1.29 is 15.3 Å². The van der Waals surface area contributed by atoms with E-state index in [1.54, 1.807) is 0 Å². The highest BCUT2D eigenvalue weighted by molar-refractivity contribution is 5.29. The summed E-state index contributed by atoms with van der Waals surface area (Å²) >= 11 is 0. The van der Waals surface area contributed by atoms with E-state index in [-0.39, 0.29) is 28.3 Å². The largest absolute Gasteiger partial charge is 0.393 e. The van der Waals surface area contributed by atoms with Crippen molar-refractivity contribution >= 4 is 0 Å². The van der Waals surface area contributed by atoms with Gasteiger partial charge in [-0.15, -0.1) is 0 Å². The number of aliphatic hydroxyl groups excluding tert-OH is 3. The van der Waals surface area contributed by atoms with E-state index < -0.39 is 12.2 Å². The van der Waals surface area contributed by atoms with Crippen LogP contribution in [0.15, 0.2) is 12.2 Å².